The molecule has 0 atom stereocenters. The van der Waals surface area contributed by atoms with Crippen molar-refractivity contribution in [2.75, 3.05) is 5.32 Å². The number of aromatic nitrogens is 4. The Morgan fingerprint density at radius 3 is 2.75 bits per heavy atom. The second-order valence-corrected chi connectivity index (χ2v) is 7.20. The third kappa shape index (κ3) is 3.53. The predicted molar refractivity (Wildman–Crippen MR) is 110 cm³/mol. The van der Waals surface area contributed by atoms with Gasteiger partial charge in [-0.3, -0.25) is 4.79 Å². The van der Waals surface area contributed by atoms with Crippen LogP contribution in [-0.4, -0.2) is 25.7 Å². The number of hydrogen-bond acceptors (Lipinski definition) is 3. The van der Waals surface area contributed by atoms with Gasteiger partial charge in [-0.15, -0.1) is 0 Å². The molecule has 2 N–H and O–H groups in total. The van der Waals surface area contributed by atoms with Crippen molar-refractivity contribution in [3.05, 3.63) is 77.0 Å². The molecular weight excluding hydrogens is 350 g/mol. The Labute approximate surface area is 163 Å². The highest BCUT2D eigenvalue weighted by atomic mass is 16.1. The maximum Gasteiger partial charge on any atom is 0.228 e. The zero-order chi connectivity index (χ0) is 19.7. The van der Waals surface area contributed by atoms with Crippen LogP contribution in [0.1, 0.15) is 27.9 Å². The molecule has 0 unspecified atom stereocenters. The maximum atomic E-state index is 12.7. The summed E-state index contributed by atoms with van der Waals surface area (Å²) in [5.74, 6) is -0.0252. The van der Waals surface area contributed by atoms with Crippen molar-refractivity contribution in [3.8, 4) is 0 Å². The van der Waals surface area contributed by atoms with Crippen LogP contribution < -0.4 is 5.32 Å². The zero-order valence-corrected chi connectivity index (χ0v) is 16.3. The average molecular weight is 373 g/mol. The number of rotatable bonds is 5. The van der Waals surface area contributed by atoms with Crippen LogP contribution in [0.25, 0.3) is 10.9 Å². The summed E-state index contributed by atoms with van der Waals surface area (Å²) < 4.78 is 1.75. The average Bonchev–Trinajstić information content (AvgIpc) is 3.28. The molecule has 0 spiro atoms. The first-order valence-corrected chi connectivity index (χ1v) is 9.30. The van der Waals surface area contributed by atoms with Crippen LogP contribution in [0, 0.1) is 20.8 Å². The summed E-state index contributed by atoms with van der Waals surface area (Å²) in [5.41, 5.74) is 7.44. The number of nitrogens with one attached hydrogen (secondary N) is 2. The molecule has 2 aromatic carbocycles. The number of hydrogen-bond donors (Lipinski definition) is 2. The molecule has 0 aliphatic carbocycles. The number of carbonyl (C=O) groups excluding carboxylic acids is 1. The molecule has 0 saturated carbocycles. The standard InChI is InChI=1S/C22H23N5O/c1-14-7-8-15(2)22-21(14)19(16(3)25-22)10-20(28)26-18-6-4-5-17(9-18)11-27-13-23-12-24-27/h4-9,12-13,25H,10-11H2,1-3H3,(H,26,28). The van der Waals surface area contributed by atoms with E-state index in [4.69, 9.17) is 0 Å². The summed E-state index contributed by atoms with van der Waals surface area (Å²) in [6.07, 6.45) is 3.53. The van der Waals surface area contributed by atoms with Gasteiger partial charge in [0.2, 0.25) is 5.91 Å². The van der Waals surface area contributed by atoms with Gasteiger partial charge in [-0.05, 0) is 55.2 Å². The van der Waals surface area contributed by atoms with E-state index in [-0.39, 0.29) is 5.91 Å². The molecule has 4 rings (SSSR count). The van der Waals surface area contributed by atoms with E-state index in [9.17, 15) is 4.79 Å². The van der Waals surface area contributed by atoms with Gasteiger partial charge in [0, 0.05) is 22.3 Å². The number of benzene rings is 2. The summed E-state index contributed by atoms with van der Waals surface area (Å²) >= 11 is 0. The topological polar surface area (TPSA) is 75.6 Å². The first-order chi connectivity index (χ1) is 13.5. The fourth-order valence-corrected chi connectivity index (χ4v) is 3.65. The number of carbonyl (C=O) groups is 1. The summed E-state index contributed by atoms with van der Waals surface area (Å²) in [7, 11) is 0. The van der Waals surface area contributed by atoms with Crippen molar-refractivity contribution < 1.29 is 4.79 Å². The van der Waals surface area contributed by atoms with Gasteiger partial charge in [-0.25, -0.2) is 9.67 Å². The quantitative estimate of drug-likeness (QED) is 0.557. The Morgan fingerprint density at radius 1 is 1.14 bits per heavy atom. The molecule has 6 heteroatoms. The molecule has 0 bridgehead atoms. The Hall–Kier alpha value is -3.41. The van der Waals surface area contributed by atoms with E-state index in [2.05, 4.69) is 46.4 Å². The van der Waals surface area contributed by atoms with Gasteiger partial charge in [0.15, 0.2) is 0 Å². The van der Waals surface area contributed by atoms with E-state index in [1.54, 1.807) is 11.0 Å². The summed E-state index contributed by atoms with van der Waals surface area (Å²) in [5, 5.41) is 8.31. The van der Waals surface area contributed by atoms with Gasteiger partial charge in [0.05, 0.1) is 13.0 Å². The van der Waals surface area contributed by atoms with Crippen molar-refractivity contribution in [2.24, 2.45) is 0 Å². The highest BCUT2D eigenvalue weighted by Crippen LogP contribution is 2.28. The van der Waals surface area contributed by atoms with Gasteiger partial charge < -0.3 is 10.3 Å². The molecule has 4 aromatic rings. The highest BCUT2D eigenvalue weighted by Gasteiger charge is 2.15. The molecule has 0 radical (unpaired) electrons. The van der Waals surface area contributed by atoms with Gasteiger partial charge in [0.25, 0.3) is 0 Å². The second-order valence-electron chi connectivity index (χ2n) is 7.20. The molecular formula is C22H23N5O. The van der Waals surface area contributed by atoms with Crippen LogP contribution in [-0.2, 0) is 17.8 Å². The first kappa shape index (κ1) is 18.0. The molecule has 0 aliphatic heterocycles. The summed E-state index contributed by atoms with van der Waals surface area (Å²) in [6.45, 7) is 6.82. The Morgan fingerprint density at radius 2 is 1.96 bits per heavy atom. The third-order valence-corrected chi connectivity index (χ3v) is 5.05. The number of H-pyrrole nitrogens is 1. The number of aryl methyl sites for hydroxylation is 3. The lowest BCUT2D eigenvalue weighted by Gasteiger charge is -2.09. The Bertz CT molecular complexity index is 1140. The molecule has 0 aliphatic rings. The SMILES string of the molecule is Cc1[nH]c2c(C)ccc(C)c2c1CC(=O)Nc1cccc(Cn2cncn2)c1. The summed E-state index contributed by atoms with van der Waals surface area (Å²) in [6, 6.07) is 12.0. The number of aromatic amines is 1. The van der Waals surface area contributed by atoms with Crippen molar-refractivity contribution in [1.82, 2.24) is 19.7 Å². The lowest BCUT2D eigenvalue weighted by molar-refractivity contribution is -0.115. The van der Waals surface area contributed by atoms with Crippen LogP contribution in [0.15, 0.2) is 49.1 Å². The second kappa shape index (κ2) is 7.31. The number of anilines is 1. The minimum atomic E-state index is -0.0252. The normalized spacial score (nSPS) is 11.1. The van der Waals surface area contributed by atoms with Crippen LogP contribution in [0.3, 0.4) is 0 Å². The number of nitrogens with zero attached hydrogens (tertiary/aromatic N) is 3. The fraction of sp³-hybridized carbons (Fsp3) is 0.227. The first-order valence-electron chi connectivity index (χ1n) is 9.30. The van der Waals surface area contributed by atoms with Crippen LogP contribution in [0.5, 0.6) is 0 Å². The fourth-order valence-electron chi connectivity index (χ4n) is 3.65. The van der Waals surface area contributed by atoms with Crippen molar-refractivity contribution in [3.63, 3.8) is 0 Å². The zero-order valence-electron chi connectivity index (χ0n) is 16.3. The van der Waals surface area contributed by atoms with Crippen molar-refractivity contribution in [1.29, 1.82) is 0 Å². The molecule has 6 nitrogen and oxygen atoms in total. The van der Waals surface area contributed by atoms with Crippen LogP contribution in [0.2, 0.25) is 0 Å². The summed E-state index contributed by atoms with van der Waals surface area (Å²) in [4.78, 5) is 20.1. The third-order valence-electron chi connectivity index (χ3n) is 5.05. The van der Waals surface area contributed by atoms with Gasteiger partial charge in [0.1, 0.15) is 12.7 Å². The minimum Gasteiger partial charge on any atom is -0.358 e. The molecule has 1 amide bonds. The van der Waals surface area contributed by atoms with Crippen molar-refractivity contribution >= 4 is 22.5 Å². The smallest absolute Gasteiger partial charge is 0.228 e. The van der Waals surface area contributed by atoms with E-state index >= 15 is 0 Å². The lowest BCUT2D eigenvalue weighted by atomic mass is 10.0. The molecule has 28 heavy (non-hydrogen) atoms. The van der Waals surface area contributed by atoms with Gasteiger partial charge in [-0.2, -0.15) is 5.10 Å². The maximum absolute atomic E-state index is 12.7. The van der Waals surface area contributed by atoms with Gasteiger partial charge in [-0.1, -0.05) is 24.3 Å². The predicted octanol–water partition coefficient (Wildman–Crippen LogP) is 3.91. The van der Waals surface area contributed by atoms with E-state index < -0.39 is 0 Å². The molecule has 142 valence electrons. The molecule has 2 heterocycles. The molecule has 0 saturated heterocycles. The van der Waals surface area contributed by atoms with E-state index in [1.807, 2.05) is 31.2 Å². The Balaban J connectivity index is 1.53. The number of fused-ring (bicyclic) bond motifs is 1. The lowest BCUT2D eigenvalue weighted by Crippen LogP contribution is -2.15. The minimum absolute atomic E-state index is 0.0252. The Kier molecular flexibility index (Phi) is 4.69. The van der Waals surface area contributed by atoms with E-state index in [0.29, 0.717) is 13.0 Å². The molecule has 2 aromatic heterocycles. The molecule has 0 fully saturated rings. The van der Waals surface area contributed by atoms with E-state index in [1.165, 1.54) is 17.5 Å². The van der Waals surface area contributed by atoms with E-state index in [0.717, 1.165) is 33.4 Å². The van der Waals surface area contributed by atoms with Crippen LogP contribution >= 0.6 is 0 Å². The van der Waals surface area contributed by atoms with Crippen molar-refractivity contribution in [2.45, 2.75) is 33.7 Å². The van der Waals surface area contributed by atoms with Gasteiger partial charge >= 0.3 is 0 Å². The highest BCUT2D eigenvalue weighted by molar-refractivity contribution is 5.98. The largest absolute Gasteiger partial charge is 0.358 e. The number of amides is 1. The van der Waals surface area contributed by atoms with Crippen LogP contribution in [0.4, 0.5) is 5.69 Å². The monoisotopic (exact) mass is 373 g/mol.